The van der Waals surface area contributed by atoms with Gasteiger partial charge >= 0.3 is 0 Å². The van der Waals surface area contributed by atoms with Crippen LogP contribution in [0.25, 0.3) is 10.9 Å². The molecule has 0 spiro atoms. The molecule has 3 rings (SSSR count). The molecule has 7 heteroatoms. The van der Waals surface area contributed by atoms with E-state index in [1.807, 2.05) is 36.0 Å². The number of anilines is 1. The second-order valence-electron chi connectivity index (χ2n) is 5.28. The van der Waals surface area contributed by atoms with E-state index in [4.69, 9.17) is 10.5 Å². The van der Waals surface area contributed by atoms with Crippen LogP contribution < -0.4 is 11.1 Å². The Morgan fingerprint density at radius 3 is 3.00 bits per heavy atom. The zero-order chi connectivity index (χ0) is 14.8. The molecule has 1 aromatic carbocycles. The van der Waals surface area contributed by atoms with Crippen LogP contribution in [0.5, 0.6) is 0 Å². The van der Waals surface area contributed by atoms with E-state index >= 15 is 0 Å². The number of nitrogens with zero attached hydrogens (tertiary/aromatic N) is 2. The number of carbonyl (C=O) groups is 1. The molecule has 1 amide bonds. The number of amides is 1. The number of hydrogen-bond acceptors (Lipinski definition) is 4. The zero-order valence-corrected chi connectivity index (χ0v) is 13.3. The van der Waals surface area contributed by atoms with Crippen LogP contribution in [-0.4, -0.2) is 34.4 Å². The van der Waals surface area contributed by atoms with Crippen molar-refractivity contribution >= 4 is 34.9 Å². The standard InChI is InChI=1S/C15H20N4O2.ClH/c1-2-19-13-7-11(4-3-10(13)9-17-19)18-15(20)14-6-5-12(8-16)21-14;/h3-4,7,9,12,14H,2,5-6,8,16H2,1H3,(H,18,20);1H/t12-,14+;/m1./s1. The largest absolute Gasteiger partial charge is 0.364 e. The molecule has 120 valence electrons. The number of halogens is 1. The molecule has 22 heavy (non-hydrogen) atoms. The Bertz CT molecular complexity index is 658. The highest BCUT2D eigenvalue weighted by Crippen LogP contribution is 2.22. The highest BCUT2D eigenvalue weighted by Gasteiger charge is 2.29. The molecule has 3 N–H and O–H groups in total. The van der Waals surface area contributed by atoms with Crippen molar-refractivity contribution in [2.45, 2.75) is 38.5 Å². The summed E-state index contributed by atoms with van der Waals surface area (Å²) in [6, 6.07) is 5.79. The molecule has 0 bridgehead atoms. The van der Waals surface area contributed by atoms with E-state index in [1.165, 1.54) is 0 Å². The van der Waals surface area contributed by atoms with Crippen molar-refractivity contribution in [2.24, 2.45) is 5.73 Å². The molecule has 0 saturated carbocycles. The normalized spacial score (nSPS) is 20.8. The number of carbonyl (C=O) groups excluding carboxylic acids is 1. The van der Waals surface area contributed by atoms with E-state index in [1.54, 1.807) is 0 Å². The van der Waals surface area contributed by atoms with E-state index in [9.17, 15) is 4.79 Å². The van der Waals surface area contributed by atoms with Crippen molar-refractivity contribution in [2.75, 3.05) is 11.9 Å². The van der Waals surface area contributed by atoms with Crippen molar-refractivity contribution < 1.29 is 9.53 Å². The van der Waals surface area contributed by atoms with Gasteiger partial charge < -0.3 is 15.8 Å². The van der Waals surface area contributed by atoms with E-state index in [-0.39, 0.29) is 24.4 Å². The number of aryl methyl sites for hydroxylation is 1. The predicted octanol–water partition coefficient (Wildman–Crippen LogP) is 1.92. The summed E-state index contributed by atoms with van der Waals surface area (Å²) < 4.78 is 7.51. The molecule has 0 radical (unpaired) electrons. The Morgan fingerprint density at radius 1 is 1.50 bits per heavy atom. The van der Waals surface area contributed by atoms with Crippen molar-refractivity contribution in [3.05, 3.63) is 24.4 Å². The Kier molecular flexibility index (Phi) is 5.39. The first-order chi connectivity index (χ1) is 10.2. The molecule has 1 aliphatic rings. The Morgan fingerprint density at radius 2 is 2.32 bits per heavy atom. The lowest BCUT2D eigenvalue weighted by atomic mass is 10.2. The number of ether oxygens (including phenoxy) is 1. The van der Waals surface area contributed by atoms with Gasteiger partial charge in [-0.15, -0.1) is 12.4 Å². The van der Waals surface area contributed by atoms with Crippen molar-refractivity contribution in [3.8, 4) is 0 Å². The van der Waals surface area contributed by atoms with Gasteiger partial charge in [-0.2, -0.15) is 5.10 Å². The molecule has 2 atom stereocenters. The molecule has 1 saturated heterocycles. The molecule has 1 fully saturated rings. The number of fused-ring (bicyclic) bond motifs is 1. The lowest BCUT2D eigenvalue weighted by molar-refractivity contribution is -0.126. The second kappa shape index (κ2) is 7.09. The number of nitrogens with two attached hydrogens (primary N) is 1. The Hall–Kier alpha value is -1.63. The third-order valence-corrected chi connectivity index (χ3v) is 3.87. The fraction of sp³-hybridized carbons (Fsp3) is 0.467. The summed E-state index contributed by atoms with van der Waals surface area (Å²) in [5, 5.41) is 8.28. The van der Waals surface area contributed by atoms with E-state index in [0.717, 1.165) is 36.0 Å². The van der Waals surface area contributed by atoms with Crippen molar-refractivity contribution in [1.29, 1.82) is 0 Å². The third-order valence-electron chi connectivity index (χ3n) is 3.87. The Balaban J connectivity index is 0.00000176. The molecule has 2 aromatic rings. The lowest BCUT2D eigenvalue weighted by Crippen LogP contribution is -2.29. The molecule has 0 unspecified atom stereocenters. The van der Waals surface area contributed by atoms with Crippen LogP contribution in [0.1, 0.15) is 19.8 Å². The minimum Gasteiger partial charge on any atom is -0.364 e. The SMILES string of the molecule is CCn1ncc2ccc(NC(=O)[C@@H]3CC[C@H](CN)O3)cc21.Cl. The number of nitrogens with one attached hydrogen (secondary N) is 1. The monoisotopic (exact) mass is 324 g/mol. The highest BCUT2D eigenvalue weighted by atomic mass is 35.5. The summed E-state index contributed by atoms with van der Waals surface area (Å²) in [6.07, 6.45) is 3.00. The highest BCUT2D eigenvalue weighted by molar-refractivity contribution is 5.96. The van der Waals surface area contributed by atoms with Crippen LogP contribution in [0.2, 0.25) is 0 Å². The van der Waals surface area contributed by atoms with E-state index in [2.05, 4.69) is 10.4 Å². The Labute approximate surface area is 135 Å². The second-order valence-corrected chi connectivity index (χ2v) is 5.28. The first-order valence-electron chi connectivity index (χ1n) is 7.33. The quantitative estimate of drug-likeness (QED) is 0.900. The fourth-order valence-electron chi connectivity index (χ4n) is 2.69. The smallest absolute Gasteiger partial charge is 0.253 e. The van der Waals surface area contributed by atoms with Gasteiger partial charge in [0.2, 0.25) is 0 Å². The minimum absolute atomic E-state index is 0. The van der Waals surface area contributed by atoms with Gasteiger partial charge in [0, 0.05) is 24.2 Å². The maximum absolute atomic E-state index is 12.2. The number of aromatic nitrogens is 2. The van der Waals surface area contributed by atoms with Gasteiger partial charge in [-0.1, -0.05) is 0 Å². The molecular formula is C15H21ClN4O2. The summed E-state index contributed by atoms with van der Waals surface area (Å²) in [7, 11) is 0. The number of hydrogen-bond donors (Lipinski definition) is 2. The van der Waals surface area contributed by atoms with Gasteiger partial charge in [0.1, 0.15) is 6.10 Å². The first kappa shape index (κ1) is 16.7. The van der Waals surface area contributed by atoms with Gasteiger partial charge in [0.25, 0.3) is 5.91 Å². The van der Waals surface area contributed by atoms with E-state index in [0.29, 0.717) is 6.54 Å². The van der Waals surface area contributed by atoms with Crippen molar-refractivity contribution in [1.82, 2.24) is 9.78 Å². The van der Waals surface area contributed by atoms with Crippen LogP contribution in [0.3, 0.4) is 0 Å². The third kappa shape index (κ3) is 3.24. The van der Waals surface area contributed by atoms with Crippen LogP contribution in [-0.2, 0) is 16.1 Å². The summed E-state index contributed by atoms with van der Waals surface area (Å²) in [5.74, 6) is -0.104. The molecule has 0 aliphatic carbocycles. The fourth-order valence-corrected chi connectivity index (χ4v) is 2.69. The summed E-state index contributed by atoms with van der Waals surface area (Å²) in [6.45, 7) is 3.30. The van der Waals surface area contributed by atoms with Gasteiger partial charge in [-0.05, 0) is 38.0 Å². The molecular weight excluding hydrogens is 304 g/mol. The molecule has 1 aliphatic heterocycles. The van der Waals surface area contributed by atoms with Crippen LogP contribution in [0.15, 0.2) is 24.4 Å². The summed E-state index contributed by atoms with van der Waals surface area (Å²) in [5.41, 5.74) is 7.35. The first-order valence-corrected chi connectivity index (χ1v) is 7.33. The number of benzene rings is 1. The van der Waals surface area contributed by atoms with Gasteiger partial charge in [-0.3, -0.25) is 9.48 Å². The summed E-state index contributed by atoms with van der Waals surface area (Å²) >= 11 is 0. The molecule has 2 heterocycles. The average Bonchev–Trinajstić information content (AvgIpc) is 3.13. The van der Waals surface area contributed by atoms with Crippen LogP contribution in [0, 0.1) is 0 Å². The van der Waals surface area contributed by atoms with E-state index < -0.39 is 6.10 Å². The predicted molar refractivity (Wildman–Crippen MR) is 88.2 cm³/mol. The van der Waals surface area contributed by atoms with Crippen LogP contribution in [0.4, 0.5) is 5.69 Å². The lowest BCUT2D eigenvalue weighted by Gasteiger charge is -2.13. The van der Waals surface area contributed by atoms with Crippen LogP contribution >= 0.6 is 12.4 Å². The maximum atomic E-state index is 12.2. The zero-order valence-electron chi connectivity index (χ0n) is 12.5. The average molecular weight is 325 g/mol. The van der Waals surface area contributed by atoms with Gasteiger partial charge in [0.05, 0.1) is 17.8 Å². The minimum atomic E-state index is -0.398. The molecule has 6 nitrogen and oxygen atoms in total. The van der Waals surface area contributed by atoms with Crippen molar-refractivity contribution in [3.63, 3.8) is 0 Å². The number of rotatable bonds is 4. The maximum Gasteiger partial charge on any atom is 0.253 e. The molecule has 1 aromatic heterocycles. The summed E-state index contributed by atoms with van der Waals surface area (Å²) in [4.78, 5) is 12.2. The topological polar surface area (TPSA) is 82.2 Å². The van der Waals surface area contributed by atoms with Gasteiger partial charge in [-0.25, -0.2) is 0 Å². The van der Waals surface area contributed by atoms with Gasteiger partial charge in [0.15, 0.2) is 0 Å².